The molecule has 1 saturated carbocycles. The van der Waals surface area contributed by atoms with E-state index in [1.807, 2.05) is 12.1 Å². The zero-order valence-electron chi connectivity index (χ0n) is 15.6. The zero-order valence-corrected chi connectivity index (χ0v) is 15.6. The van der Waals surface area contributed by atoms with Crippen LogP contribution >= 0.6 is 0 Å². The first kappa shape index (κ1) is 17.9. The van der Waals surface area contributed by atoms with Crippen molar-refractivity contribution in [1.82, 2.24) is 19.7 Å². The maximum Gasteiger partial charge on any atom is 0.246 e. The van der Waals surface area contributed by atoms with Crippen molar-refractivity contribution in [3.8, 4) is 5.69 Å². The summed E-state index contributed by atoms with van der Waals surface area (Å²) in [5.41, 5.74) is 4.28. The predicted molar refractivity (Wildman–Crippen MR) is 104 cm³/mol. The minimum atomic E-state index is -0.664. The number of pyridine rings is 1. The van der Waals surface area contributed by atoms with Gasteiger partial charge in [0.25, 0.3) is 0 Å². The Morgan fingerprint density at radius 3 is 2.62 bits per heavy atom. The summed E-state index contributed by atoms with van der Waals surface area (Å²) in [7, 11) is 0. The molecule has 1 aliphatic carbocycles. The summed E-state index contributed by atoms with van der Waals surface area (Å²) < 4.78 is 33.7. The molecule has 0 saturated heterocycles. The van der Waals surface area contributed by atoms with E-state index in [0.29, 0.717) is 25.1 Å². The van der Waals surface area contributed by atoms with Crippen LogP contribution < -0.4 is 5.32 Å². The molecule has 1 aromatic carbocycles. The number of nitrogens with zero attached hydrogens (tertiary/aromatic N) is 4. The number of benzene rings is 1. The van der Waals surface area contributed by atoms with E-state index in [4.69, 9.17) is 9.72 Å². The molecule has 148 valence electrons. The molecule has 29 heavy (non-hydrogen) atoms. The summed E-state index contributed by atoms with van der Waals surface area (Å²) in [5.74, 6) is -0.489. The number of ether oxygens (including phenoxy) is 1. The number of anilines is 2. The monoisotopic (exact) mass is 395 g/mol. The Bertz CT molecular complexity index is 1070. The fourth-order valence-electron chi connectivity index (χ4n) is 3.38. The first-order valence-electron chi connectivity index (χ1n) is 9.58. The number of hydrogen-bond donors (Lipinski definition) is 1. The Labute approximate surface area is 166 Å². The van der Waals surface area contributed by atoms with Gasteiger partial charge >= 0.3 is 0 Å². The second-order valence-corrected chi connectivity index (χ2v) is 7.26. The molecular formula is C21H19F2N5O. The van der Waals surface area contributed by atoms with Crippen LogP contribution in [-0.4, -0.2) is 33.0 Å². The van der Waals surface area contributed by atoms with E-state index in [2.05, 4.69) is 21.5 Å². The Morgan fingerprint density at radius 2 is 1.90 bits per heavy atom. The molecule has 3 aromatic rings. The molecule has 3 heterocycles. The predicted octanol–water partition coefficient (Wildman–Crippen LogP) is 4.37. The number of hydrogen-bond acceptors (Lipinski definition) is 5. The molecule has 0 atom stereocenters. The highest BCUT2D eigenvalue weighted by atomic mass is 19.1. The second-order valence-electron chi connectivity index (χ2n) is 7.26. The van der Waals surface area contributed by atoms with Gasteiger partial charge in [-0.1, -0.05) is 6.08 Å². The maximum absolute atomic E-state index is 13.5. The molecule has 6 nitrogen and oxygen atoms in total. The fraction of sp³-hybridized carbons (Fsp3) is 0.286. The van der Waals surface area contributed by atoms with E-state index in [-0.39, 0.29) is 5.69 Å². The quantitative estimate of drug-likeness (QED) is 0.695. The van der Waals surface area contributed by atoms with Gasteiger partial charge in [-0.25, -0.2) is 13.5 Å². The van der Waals surface area contributed by atoms with E-state index in [1.165, 1.54) is 28.7 Å². The molecule has 0 spiro atoms. The van der Waals surface area contributed by atoms with Gasteiger partial charge in [0, 0.05) is 23.4 Å². The molecule has 2 aliphatic rings. The second kappa shape index (κ2) is 7.36. The van der Waals surface area contributed by atoms with Crippen LogP contribution in [0.25, 0.3) is 11.3 Å². The van der Waals surface area contributed by atoms with E-state index < -0.39 is 11.6 Å². The highest BCUT2D eigenvalue weighted by Gasteiger charge is 2.26. The zero-order chi connectivity index (χ0) is 19.8. The minimum Gasteiger partial charge on any atom is -0.377 e. The summed E-state index contributed by atoms with van der Waals surface area (Å²) in [6.07, 6.45) is 6.61. The molecule has 0 bridgehead atoms. The Hall–Kier alpha value is -3.13. The molecule has 5 rings (SSSR count). The number of nitrogens with one attached hydrogen (secondary N) is 1. The van der Waals surface area contributed by atoms with Crippen LogP contribution in [0.3, 0.4) is 0 Å². The first-order chi connectivity index (χ1) is 14.1. The van der Waals surface area contributed by atoms with Crippen LogP contribution in [0.2, 0.25) is 0 Å². The summed E-state index contributed by atoms with van der Waals surface area (Å²) in [5, 5.41) is 7.49. The van der Waals surface area contributed by atoms with Gasteiger partial charge < -0.3 is 10.1 Å². The van der Waals surface area contributed by atoms with Gasteiger partial charge in [-0.2, -0.15) is 4.98 Å². The number of aromatic nitrogens is 4. The smallest absolute Gasteiger partial charge is 0.246 e. The molecule has 0 amide bonds. The summed E-state index contributed by atoms with van der Waals surface area (Å²) in [6, 6.07) is 7.22. The topological polar surface area (TPSA) is 64.9 Å². The lowest BCUT2D eigenvalue weighted by Crippen LogP contribution is -2.06. The lowest BCUT2D eigenvalue weighted by atomic mass is 10.1. The molecular weight excluding hydrogens is 376 g/mol. The van der Waals surface area contributed by atoms with Gasteiger partial charge in [0.15, 0.2) is 0 Å². The highest BCUT2D eigenvalue weighted by molar-refractivity contribution is 5.68. The van der Waals surface area contributed by atoms with Crippen LogP contribution in [0.15, 0.2) is 42.7 Å². The maximum atomic E-state index is 13.5. The van der Waals surface area contributed by atoms with Gasteiger partial charge in [0.1, 0.15) is 18.0 Å². The van der Waals surface area contributed by atoms with E-state index >= 15 is 0 Å². The van der Waals surface area contributed by atoms with Crippen molar-refractivity contribution in [3.05, 3.63) is 65.8 Å². The van der Waals surface area contributed by atoms with Gasteiger partial charge in [0.2, 0.25) is 5.95 Å². The molecule has 0 radical (unpaired) electrons. The van der Waals surface area contributed by atoms with Crippen LogP contribution in [-0.2, 0) is 4.74 Å². The molecule has 1 fully saturated rings. The summed E-state index contributed by atoms with van der Waals surface area (Å²) >= 11 is 0. The van der Waals surface area contributed by atoms with Crippen molar-refractivity contribution in [2.75, 3.05) is 18.5 Å². The Balaban J connectivity index is 1.43. The van der Waals surface area contributed by atoms with Crippen molar-refractivity contribution >= 4 is 17.2 Å². The lowest BCUT2D eigenvalue weighted by Gasteiger charge is -2.15. The molecule has 2 aromatic heterocycles. The Morgan fingerprint density at radius 1 is 1.07 bits per heavy atom. The highest BCUT2D eigenvalue weighted by Crippen LogP contribution is 2.40. The normalized spacial score (nSPS) is 16.6. The van der Waals surface area contributed by atoms with Crippen molar-refractivity contribution < 1.29 is 13.5 Å². The number of halogens is 2. The summed E-state index contributed by atoms with van der Waals surface area (Å²) in [6.45, 7) is 1.30. The van der Waals surface area contributed by atoms with Crippen LogP contribution in [0.5, 0.6) is 0 Å². The molecule has 0 unspecified atom stereocenters. The average molecular weight is 395 g/mol. The van der Waals surface area contributed by atoms with Gasteiger partial charge in [-0.05, 0) is 49.1 Å². The SMILES string of the molecule is Fc1cc(F)cc(-n2cnc(Nc3cc(C4=CCOCC4)nc(C4CC4)c3)n2)c1. The number of rotatable bonds is 5. The molecule has 8 heteroatoms. The standard InChI is InChI=1S/C21H19F2N5O/c22-15-7-16(23)9-18(8-15)28-12-24-21(27-28)25-17-10-19(13-1-2-13)26-20(11-17)14-3-5-29-6-4-14/h3,7-13H,1-2,4-6H2,(H,25,26,27). The third-order valence-electron chi connectivity index (χ3n) is 4.99. The van der Waals surface area contributed by atoms with Crippen molar-refractivity contribution in [2.45, 2.75) is 25.2 Å². The fourth-order valence-corrected chi connectivity index (χ4v) is 3.38. The minimum absolute atomic E-state index is 0.268. The van der Waals surface area contributed by atoms with Crippen molar-refractivity contribution in [1.29, 1.82) is 0 Å². The first-order valence-corrected chi connectivity index (χ1v) is 9.58. The third-order valence-corrected chi connectivity index (χ3v) is 4.99. The van der Waals surface area contributed by atoms with Crippen molar-refractivity contribution in [2.24, 2.45) is 0 Å². The lowest BCUT2D eigenvalue weighted by molar-refractivity contribution is 0.161. The van der Waals surface area contributed by atoms with Gasteiger partial charge in [0.05, 0.1) is 24.6 Å². The van der Waals surface area contributed by atoms with E-state index in [0.717, 1.165) is 42.4 Å². The van der Waals surface area contributed by atoms with Crippen LogP contribution in [0.1, 0.15) is 36.6 Å². The Kier molecular flexibility index (Phi) is 4.55. The average Bonchev–Trinajstić information content (AvgIpc) is 3.47. The molecule has 1 N–H and O–H groups in total. The summed E-state index contributed by atoms with van der Waals surface area (Å²) in [4.78, 5) is 9.06. The van der Waals surface area contributed by atoms with Crippen LogP contribution in [0.4, 0.5) is 20.4 Å². The third kappa shape index (κ3) is 4.02. The van der Waals surface area contributed by atoms with E-state index in [1.54, 1.807) is 0 Å². The molecule has 1 aliphatic heterocycles. The largest absolute Gasteiger partial charge is 0.377 e. The van der Waals surface area contributed by atoms with Crippen molar-refractivity contribution in [3.63, 3.8) is 0 Å². The van der Waals surface area contributed by atoms with E-state index in [9.17, 15) is 8.78 Å². The van der Waals surface area contributed by atoms with Crippen LogP contribution in [0, 0.1) is 11.6 Å². The van der Waals surface area contributed by atoms with Gasteiger partial charge in [-0.3, -0.25) is 4.98 Å². The van der Waals surface area contributed by atoms with Gasteiger partial charge in [-0.15, -0.1) is 5.10 Å².